The number of methoxy groups -OCH3 is 1. The Hall–Kier alpha value is -1.43. The Morgan fingerprint density at radius 1 is 1.17 bits per heavy atom. The quantitative estimate of drug-likeness (QED) is 0.497. The first-order chi connectivity index (χ1) is 8.72. The Morgan fingerprint density at radius 3 is 2.50 bits per heavy atom. The van der Waals surface area contributed by atoms with Crippen LogP contribution < -0.4 is 15.8 Å². The van der Waals surface area contributed by atoms with E-state index in [9.17, 15) is 0 Å². The summed E-state index contributed by atoms with van der Waals surface area (Å²) in [5.41, 5.74) is 9.89. The SMILES string of the molecule is COc1ccc(Nc2cc(CI)ccc2N)cc1. The van der Waals surface area contributed by atoms with Gasteiger partial charge in [-0.15, -0.1) is 0 Å². The molecule has 0 unspecified atom stereocenters. The molecule has 2 aromatic carbocycles. The van der Waals surface area contributed by atoms with E-state index in [0.717, 1.165) is 27.2 Å². The van der Waals surface area contributed by atoms with Gasteiger partial charge in [-0.3, -0.25) is 0 Å². The summed E-state index contributed by atoms with van der Waals surface area (Å²) < 4.78 is 6.09. The molecule has 0 radical (unpaired) electrons. The number of ether oxygens (including phenoxy) is 1. The van der Waals surface area contributed by atoms with Crippen molar-refractivity contribution < 1.29 is 4.74 Å². The summed E-state index contributed by atoms with van der Waals surface area (Å²) in [7, 11) is 1.66. The first-order valence-electron chi connectivity index (χ1n) is 5.58. The van der Waals surface area contributed by atoms with Crippen LogP contribution in [0.1, 0.15) is 5.56 Å². The molecule has 0 amide bonds. The lowest BCUT2D eigenvalue weighted by atomic mass is 10.2. The number of anilines is 3. The lowest BCUT2D eigenvalue weighted by Gasteiger charge is -2.11. The minimum Gasteiger partial charge on any atom is -0.497 e. The fourth-order valence-corrected chi connectivity index (χ4v) is 2.10. The molecule has 18 heavy (non-hydrogen) atoms. The summed E-state index contributed by atoms with van der Waals surface area (Å²) in [5.74, 6) is 0.842. The van der Waals surface area contributed by atoms with Crippen LogP contribution in [-0.4, -0.2) is 7.11 Å². The molecule has 4 heteroatoms. The van der Waals surface area contributed by atoms with Crippen molar-refractivity contribution in [2.75, 3.05) is 18.2 Å². The van der Waals surface area contributed by atoms with Gasteiger partial charge in [0.15, 0.2) is 0 Å². The number of hydrogen-bond acceptors (Lipinski definition) is 3. The summed E-state index contributed by atoms with van der Waals surface area (Å²) in [6.07, 6.45) is 0. The molecule has 0 aliphatic heterocycles. The number of hydrogen-bond donors (Lipinski definition) is 2. The van der Waals surface area contributed by atoms with Gasteiger partial charge in [-0.1, -0.05) is 28.7 Å². The highest BCUT2D eigenvalue weighted by Gasteiger charge is 2.01. The molecular formula is C14H15IN2O. The number of halogens is 1. The fourth-order valence-electron chi connectivity index (χ4n) is 1.62. The van der Waals surface area contributed by atoms with Gasteiger partial charge in [-0.05, 0) is 42.0 Å². The fraction of sp³-hybridized carbons (Fsp3) is 0.143. The molecule has 3 nitrogen and oxygen atoms in total. The maximum atomic E-state index is 5.96. The first-order valence-corrected chi connectivity index (χ1v) is 7.11. The van der Waals surface area contributed by atoms with Gasteiger partial charge >= 0.3 is 0 Å². The summed E-state index contributed by atoms with van der Waals surface area (Å²) >= 11 is 2.34. The standard InChI is InChI=1S/C14H15IN2O/c1-18-12-5-3-11(4-6-12)17-14-8-10(9-15)2-7-13(14)16/h2-8,17H,9,16H2,1H3. The molecule has 0 bridgehead atoms. The smallest absolute Gasteiger partial charge is 0.119 e. The minimum atomic E-state index is 0.749. The van der Waals surface area contributed by atoms with Crippen molar-refractivity contribution >= 4 is 39.7 Å². The maximum absolute atomic E-state index is 5.96. The van der Waals surface area contributed by atoms with Gasteiger partial charge in [-0.2, -0.15) is 0 Å². The van der Waals surface area contributed by atoms with Crippen LogP contribution in [0.5, 0.6) is 5.75 Å². The van der Waals surface area contributed by atoms with E-state index in [-0.39, 0.29) is 0 Å². The first kappa shape index (κ1) is 13.0. The summed E-state index contributed by atoms with van der Waals surface area (Å²) in [6, 6.07) is 13.8. The highest BCUT2D eigenvalue weighted by atomic mass is 127. The molecule has 0 saturated carbocycles. The number of benzene rings is 2. The molecule has 0 aliphatic carbocycles. The Balaban J connectivity index is 2.21. The lowest BCUT2D eigenvalue weighted by molar-refractivity contribution is 0.415. The largest absolute Gasteiger partial charge is 0.497 e. The van der Waals surface area contributed by atoms with Crippen LogP contribution in [0.3, 0.4) is 0 Å². The van der Waals surface area contributed by atoms with Crippen LogP contribution in [0.2, 0.25) is 0 Å². The van der Waals surface area contributed by atoms with Gasteiger partial charge in [0, 0.05) is 10.1 Å². The monoisotopic (exact) mass is 354 g/mol. The third kappa shape index (κ3) is 3.07. The van der Waals surface area contributed by atoms with Crippen molar-refractivity contribution in [1.82, 2.24) is 0 Å². The van der Waals surface area contributed by atoms with Gasteiger partial charge in [-0.25, -0.2) is 0 Å². The summed E-state index contributed by atoms with van der Waals surface area (Å²) in [5, 5.41) is 3.31. The number of rotatable bonds is 4. The van der Waals surface area contributed by atoms with Crippen LogP contribution in [0.4, 0.5) is 17.1 Å². The molecule has 2 rings (SSSR count). The van der Waals surface area contributed by atoms with Gasteiger partial charge in [0.25, 0.3) is 0 Å². The zero-order valence-corrected chi connectivity index (χ0v) is 12.3. The van der Waals surface area contributed by atoms with Crippen molar-refractivity contribution in [3.05, 3.63) is 48.0 Å². The highest BCUT2D eigenvalue weighted by molar-refractivity contribution is 14.1. The summed E-state index contributed by atoms with van der Waals surface area (Å²) in [4.78, 5) is 0. The third-order valence-corrected chi connectivity index (χ3v) is 3.52. The minimum absolute atomic E-state index is 0.749. The van der Waals surface area contributed by atoms with Gasteiger partial charge < -0.3 is 15.8 Å². The molecule has 2 aromatic rings. The third-order valence-electron chi connectivity index (χ3n) is 2.64. The Labute approximate surface area is 120 Å². The van der Waals surface area contributed by atoms with Crippen molar-refractivity contribution in [2.45, 2.75) is 4.43 Å². The number of nitrogen functional groups attached to an aromatic ring is 1. The lowest BCUT2D eigenvalue weighted by Crippen LogP contribution is -1.97. The van der Waals surface area contributed by atoms with E-state index in [1.807, 2.05) is 36.4 Å². The van der Waals surface area contributed by atoms with Crippen molar-refractivity contribution in [3.63, 3.8) is 0 Å². The van der Waals surface area contributed by atoms with E-state index in [1.165, 1.54) is 5.56 Å². The van der Waals surface area contributed by atoms with Crippen molar-refractivity contribution in [1.29, 1.82) is 0 Å². The van der Waals surface area contributed by atoms with E-state index >= 15 is 0 Å². The number of alkyl halides is 1. The molecule has 0 fully saturated rings. The molecule has 3 N–H and O–H groups in total. The second-order valence-electron chi connectivity index (χ2n) is 3.91. The van der Waals surface area contributed by atoms with E-state index in [0.29, 0.717) is 0 Å². The van der Waals surface area contributed by atoms with E-state index in [4.69, 9.17) is 10.5 Å². The van der Waals surface area contributed by atoms with Crippen molar-refractivity contribution in [2.24, 2.45) is 0 Å². The zero-order chi connectivity index (χ0) is 13.0. The second-order valence-corrected chi connectivity index (χ2v) is 4.67. The van der Waals surface area contributed by atoms with Gasteiger partial charge in [0.2, 0.25) is 0 Å². The van der Waals surface area contributed by atoms with E-state index < -0.39 is 0 Å². The molecule has 0 saturated heterocycles. The Morgan fingerprint density at radius 2 is 1.89 bits per heavy atom. The van der Waals surface area contributed by atoms with Crippen LogP contribution >= 0.6 is 22.6 Å². The maximum Gasteiger partial charge on any atom is 0.119 e. The molecular weight excluding hydrogens is 339 g/mol. The predicted molar refractivity (Wildman–Crippen MR) is 84.9 cm³/mol. The zero-order valence-electron chi connectivity index (χ0n) is 10.1. The normalized spacial score (nSPS) is 10.1. The molecule has 0 aliphatic rings. The molecule has 0 spiro atoms. The topological polar surface area (TPSA) is 47.3 Å². The van der Waals surface area contributed by atoms with Crippen molar-refractivity contribution in [3.8, 4) is 5.75 Å². The van der Waals surface area contributed by atoms with E-state index in [2.05, 4.69) is 34.0 Å². The summed E-state index contributed by atoms with van der Waals surface area (Å²) in [6.45, 7) is 0. The molecule has 0 aromatic heterocycles. The van der Waals surface area contributed by atoms with Gasteiger partial charge in [0.1, 0.15) is 5.75 Å². The van der Waals surface area contributed by atoms with E-state index in [1.54, 1.807) is 7.11 Å². The number of nitrogens with one attached hydrogen (secondary N) is 1. The van der Waals surface area contributed by atoms with Gasteiger partial charge in [0.05, 0.1) is 18.5 Å². The average molecular weight is 354 g/mol. The second kappa shape index (κ2) is 5.95. The molecule has 94 valence electrons. The van der Waals surface area contributed by atoms with Crippen LogP contribution in [0.25, 0.3) is 0 Å². The molecule has 0 heterocycles. The van der Waals surface area contributed by atoms with Crippen LogP contribution in [0.15, 0.2) is 42.5 Å². The molecule has 0 atom stereocenters. The average Bonchev–Trinajstić information content (AvgIpc) is 2.42. The Bertz CT molecular complexity index is 526. The highest BCUT2D eigenvalue weighted by Crippen LogP contribution is 2.26. The van der Waals surface area contributed by atoms with Crippen LogP contribution in [0, 0.1) is 0 Å². The number of nitrogens with two attached hydrogens (primary N) is 1. The van der Waals surface area contributed by atoms with Crippen LogP contribution in [-0.2, 0) is 4.43 Å². The Kier molecular flexibility index (Phi) is 4.30. The predicted octanol–water partition coefficient (Wildman–Crippen LogP) is 3.96.